The van der Waals surface area contributed by atoms with Crippen LogP contribution in [-0.2, 0) is 10.4 Å². The lowest BCUT2D eigenvalue weighted by Crippen LogP contribution is -2.29. The van der Waals surface area contributed by atoms with Gasteiger partial charge < -0.3 is 10.2 Å². The van der Waals surface area contributed by atoms with Gasteiger partial charge in [-0.25, -0.2) is 8.78 Å². The highest BCUT2D eigenvalue weighted by atomic mass is 19.1. The van der Waals surface area contributed by atoms with E-state index in [9.17, 15) is 18.7 Å². The Hall–Kier alpha value is -1.49. The highest BCUT2D eigenvalue weighted by Gasteiger charge is 2.33. The summed E-state index contributed by atoms with van der Waals surface area (Å²) in [7, 11) is 0. The maximum atomic E-state index is 13.4. The van der Waals surface area contributed by atoms with Gasteiger partial charge in [-0.15, -0.1) is 0 Å². The minimum Gasteiger partial charge on any atom is -0.481 e. The van der Waals surface area contributed by atoms with Gasteiger partial charge in [-0.3, -0.25) is 4.79 Å². The molecule has 0 bridgehead atoms. The van der Waals surface area contributed by atoms with Gasteiger partial charge in [0.2, 0.25) is 0 Å². The Morgan fingerprint density at radius 1 is 1.44 bits per heavy atom. The normalized spacial score (nSPS) is 14.5. The molecule has 0 fully saturated rings. The molecule has 0 saturated carbocycles. The predicted molar refractivity (Wildman–Crippen MR) is 52.8 cm³/mol. The molecule has 0 amide bonds. The molecule has 2 N–H and O–H groups in total. The Morgan fingerprint density at radius 3 is 2.56 bits per heavy atom. The number of aliphatic carboxylic acids is 1. The maximum Gasteiger partial charge on any atom is 0.306 e. The molecule has 0 aromatic heterocycles. The van der Waals surface area contributed by atoms with E-state index >= 15 is 0 Å². The van der Waals surface area contributed by atoms with E-state index in [2.05, 4.69) is 0 Å². The lowest BCUT2D eigenvalue weighted by atomic mass is 9.87. The van der Waals surface area contributed by atoms with Gasteiger partial charge in [-0.2, -0.15) is 0 Å². The molecule has 3 nitrogen and oxygen atoms in total. The fraction of sp³-hybridized carbons (Fsp3) is 0.364. The number of carbonyl (C=O) groups is 1. The van der Waals surface area contributed by atoms with Crippen molar-refractivity contribution < 1.29 is 23.8 Å². The Balaban J connectivity index is 3.21. The molecule has 5 heteroatoms. The van der Waals surface area contributed by atoms with Gasteiger partial charge in [0.25, 0.3) is 0 Å². The summed E-state index contributed by atoms with van der Waals surface area (Å²) in [4.78, 5) is 10.6. The van der Waals surface area contributed by atoms with Crippen LogP contribution in [0.4, 0.5) is 8.78 Å². The van der Waals surface area contributed by atoms with Crippen molar-refractivity contribution in [3.63, 3.8) is 0 Å². The summed E-state index contributed by atoms with van der Waals surface area (Å²) in [5, 5.41) is 18.6. The van der Waals surface area contributed by atoms with E-state index in [0.717, 1.165) is 18.2 Å². The van der Waals surface area contributed by atoms with Crippen molar-refractivity contribution >= 4 is 5.97 Å². The summed E-state index contributed by atoms with van der Waals surface area (Å²) in [6.07, 6.45) is -0.677. The van der Waals surface area contributed by atoms with Crippen LogP contribution in [0.3, 0.4) is 0 Å². The number of aliphatic hydroxyl groups is 1. The monoisotopic (exact) mass is 230 g/mol. The Labute approximate surface area is 91.3 Å². The summed E-state index contributed by atoms with van der Waals surface area (Å²) in [6.45, 7) is 1.51. The van der Waals surface area contributed by atoms with Gasteiger partial charge in [0, 0.05) is 5.56 Å². The van der Waals surface area contributed by atoms with Gasteiger partial charge in [0.15, 0.2) is 0 Å². The molecule has 0 spiro atoms. The molecule has 1 rings (SSSR count). The van der Waals surface area contributed by atoms with Crippen molar-refractivity contribution in [2.24, 2.45) is 0 Å². The fourth-order valence-corrected chi connectivity index (χ4v) is 1.51. The van der Waals surface area contributed by atoms with Gasteiger partial charge in [0.1, 0.15) is 17.2 Å². The highest BCUT2D eigenvalue weighted by molar-refractivity contribution is 5.68. The van der Waals surface area contributed by atoms with Gasteiger partial charge in [-0.1, -0.05) is 6.92 Å². The number of carboxylic acids is 1. The molecule has 1 aromatic carbocycles. The second kappa shape index (κ2) is 4.57. The van der Waals surface area contributed by atoms with Crippen LogP contribution in [0, 0.1) is 11.6 Å². The van der Waals surface area contributed by atoms with Crippen molar-refractivity contribution in [3.8, 4) is 0 Å². The molecule has 88 valence electrons. The molecular weight excluding hydrogens is 218 g/mol. The molecule has 16 heavy (non-hydrogen) atoms. The second-order valence-corrected chi connectivity index (χ2v) is 3.58. The van der Waals surface area contributed by atoms with Gasteiger partial charge in [-0.05, 0) is 24.6 Å². The van der Waals surface area contributed by atoms with E-state index in [4.69, 9.17) is 5.11 Å². The minimum atomic E-state index is -1.88. The topological polar surface area (TPSA) is 57.5 Å². The van der Waals surface area contributed by atoms with Crippen LogP contribution in [0.2, 0.25) is 0 Å². The van der Waals surface area contributed by atoms with Crippen LogP contribution in [-0.4, -0.2) is 16.2 Å². The van der Waals surface area contributed by atoms with Crippen LogP contribution < -0.4 is 0 Å². The zero-order chi connectivity index (χ0) is 12.3. The zero-order valence-corrected chi connectivity index (χ0v) is 8.70. The van der Waals surface area contributed by atoms with Crippen LogP contribution >= 0.6 is 0 Å². The summed E-state index contributed by atoms with van der Waals surface area (Å²) >= 11 is 0. The molecular formula is C11H12F2O3. The smallest absolute Gasteiger partial charge is 0.306 e. The molecule has 0 aliphatic rings. The largest absolute Gasteiger partial charge is 0.481 e. The molecule has 1 unspecified atom stereocenters. The van der Waals surface area contributed by atoms with Crippen LogP contribution in [0.15, 0.2) is 18.2 Å². The number of halogens is 2. The van der Waals surface area contributed by atoms with Crippen molar-refractivity contribution in [1.29, 1.82) is 0 Å². The molecule has 0 radical (unpaired) electrons. The number of rotatable bonds is 4. The number of hydrogen-bond donors (Lipinski definition) is 2. The SMILES string of the molecule is CCC(O)(CC(=O)O)c1cc(F)ccc1F. The third-order valence-corrected chi connectivity index (χ3v) is 2.46. The Kier molecular flexibility index (Phi) is 3.59. The average molecular weight is 230 g/mol. The molecule has 1 atom stereocenters. The molecule has 0 aliphatic heterocycles. The van der Waals surface area contributed by atoms with Crippen LogP contribution in [0.1, 0.15) is 25.3 Å². The van der Waals surface area contributed by atoms with Gasteiger partial charge >= 0.3 is 5.97 Å². The zero-order valence-electron chi connectivity index (χ0n) is 8.70. The van der Waals surface area contributed by atoms with Crippen LogP contribution in [0.5, 0.6) is 0 Å². The predicted octanol–water partition coefficient (Wildman–Crippen LogP) is 2.04. The standard InChI is InChI=1S/C11H12F2O3/c1-2-11(16,6-10(14)15)8-5-7(12)3-4-9(8)13/h3-5,16H,2,6H2,1H3,(H,14,15). The van der Waals surface area contributed by atoms with E-state index < -0.39 is 29.6 Å². The fourth-order valence-electron chi connectivity index (χ4n) is 1.51. The minimum absolute atomic E-state index is 0.0142. The van der Waals surface area contributed by atoms with E-state index in [0.29, 0.717) is 0 Å². The maximum absolute atomic E-state index is 13.4. The Bertz CT molecular complexity index is 406. The highest BCUT2D eigenvalue weighted by Crippen LogP contribution is 2.31. The quantitative estimate of drug-likeness (QED) is 0.832. The van der Waals surface area contributed by atoms with Crippen molar-refractivity contribution in [3.05, 3.63) is 35.4 Å². The van der Waals surface area contributed by atoms with E-state index in [-0.39, 0.29) is 12.0 Å². The van der Waals surface area contributed by atoms with E-state index in [1.54, 1.807) is 0 Å². The lowest BCUT2D eigenvalue weighted by molar-refractivity contribution is -0.143. The molecule has 0 saturated heterocycles. The third-order valence-electron chi connectivity index (χ3n) is 2.46. The summed E-state index contributed by atoms with van der Waals surface area (Å²) in [5.41, 5.74) is -2.20. The number of benzene rings is 1. The first kappa shape index (κ1) is 12.6. The van der Waals surface area contributed by atoms with E-state index in [1.807, 2.05) is 0 Å². The van der Waals surface area contributed by atoms with Crippen LogP contribution in [0.25, 0.3) is 0 Å². The Morgan fingerprint density at radius 2 is 2.06 bits per heavy atom. The average Bonchev–Trinajstić information content (AvgIpc) is 2.20. The van der Waals surface area contributed by atoms with Crippen molar-refractivity contribution in [2.45, 2.75) is 25.4 Å². The van der Waals surface area contributed by atoms with Crippen molar-refractivity contribution in [1.82, 2.24) is 0 Å². The summed E-state index contributed by atoms with van der Waals surface area (Å²) in [6, 6.07) is 2.60. The van der Waals surface area contributed by atoms with E-state index in [1.165, 1.54) is 6.92 Å². The lowest BCUT2D eigenvalue weighted by Gasteiger charge is -2.25. The molecule has 0 aliphatic carbocycles. The summed E-state index contributed by atoms with van der Waals surface area (Å²) in [5.74, 6) is -2.80. The van der Waals surface area contributed by atoms with Gasteiger partial charge in [0.05, 0.1) is 6.42 Å². The molecule has 1 aromatic rings. The second-order valence-electron chi connectivity index (χ2n) is 3.58. The number of carboxylic acid groups (broad SMARTS) is 1. The first-order chi connectivity index (χ1) is 7.39. The summed E-state index contributed by atoms with van der Waals surface area (Å²) < 4.78 is 26.3. The van der Waals surface area contributed by atoms with Crippen molar-refractivity contribution in [2.75, 3.05) is 0 Å². The molecule has 0 heterocycles. The number of hydrogen-bond acceptors (Lipinski definition) is 2. The third kappa shape index (κ3) is 2.55. The first-order valence-electron chi connectivity index (χ1n) is 4.79. The first-order valence-corrected chi connectivity index (χ1v) is 4.79.